The second-order valence-electron chi connectivity index (χ2n) is 4.77. The Bertz CT molecular complexity index is 400. The largest absolute Gasteiger partial charge is 0.381 e. The van der Waals surface area contributed by atoms with Crippen LogP contribution >= 0.6 is 0 Å². The van der Waals surface area contributed by atoms with Gasteiger partial charge in [-0.25, -0.2) is 0 Å². The maximum atomic E-state index is 5.58. The molecule has 1 fully saturated rings. The van der Waals surface area contributed by atoms with Crippen molar-refractivity contribution in [2.45, 2.75) is 32.2 Å². The van der Waals surface area contributed by atoms with Crippen LogP contribution in [0.4, 0.5) is 5.69 Å². The Morgan fingerprint density at radius 1 is 1.33 bits per heavy atom. The van der Waals surface area contributed by atoms with Gasteiger partial charge in [0.15, 0.2) is 0 Å². The van der Waals surface area contributed by atoms with Gasteiger partial charge in [0.2, 0.25) is 0 Å². The highest BCUT2D eigenvalue weighted by Gasteiger charge is 2.35. The summed E-state index contributed by atoms with van der Waals surface area (Å²) in [5.74, 6) is 0.576. The fourth-order valence-corrected chi connectivity index (χ4v) is 2.89. The summed E-state index contributed by atoms with van der Waals surface area (Å²) in [4.78, 5) is 0. The Kier molecular flexibility index (Phi) is 1.99. The van der Waals surface area contributed by atoms with Crippen molar-refractivity contribution in [1.82, 2.24) is 0 Å². The number of fused-ring (bicyclic) bond motifs is 3. The van der Waals surface area contributed by atoms with Crippen LogP contribution < -0.4 is 5.32 Å². The van der Waals surface area contributed by atoms with Crippen molar-refractivity contribution in [3.8, 4) is 0 Å². The minimum absolute atomic E-state index is 0.576. The number of nitrogens with one attached hydrogen (secondary N) is 1. The standard InChI is InChI=1S/C13H17NO/c1-8-5-9(2)13-10(6-8)11-7-15-4-3-12(11)14-13/h5-6,11-12,14H,3-4,7H2,1-2H3. The fourth-order valence-electron chi connectivity index (χ4n) is 2.89. The lowest BCUT2D eigenvalue weighted by molar-refractivity contribution is 0.0769. The molecule has 2 nitrogen and oxygen atoms in total. The topological polar surface area (TPSA) is 21.3 Å². The summed E-state index contributed by atoms with van der Waals surface area (Å²) in [6, 6.07) is 5.17. The molecular weight excluding hydrogens is 186 g/mol. The van der Waals surface area contributed by atoms with Crippen LogP contribution in [0, 0.1) is 13.8 Å². The van der Waals surface area contributed by atoms with Crippen LogP contribution in [0.2, 0.25) is 0 Å². The number of aryl methyl sites for hydroxylation is 2. The van der Waals surface area contributed by atoms with E-state index in [0.29, 0.717) is 12.0 Å². The van der Waals surface area contributed by atoms with E-state index in [4.69, 9.17) is 4.74 Å². The predicted molar refractivity (Wildman–Crippen MR) is 61.5 cm³/mol. The van der Waals surface area contributed by atoms with Gasteiger partial charge in [-0.15, -0.1) is 0 Å². The highest BCUT2D eigenvalue weighted by Crippen LogP contribution is 2.41. The summed E-state index contributed by atoms with van der Waals surface area (Å²) in [6.45, 7) is 6.15. The molecule has 80 valence electrons. The molecule has 0 spiro atoms. The first-order chi connectivity index (χ1) is 7.25. The molecule has 2 unspecified atom stereocenters. The van der Waals surface area contributed by atoms with Gasteiger partial charge in [0.25, 0.3) is 0 Å². The highest BCUT2D eigenvalue weighted by molar-refractivity contribution is 5.65. The van der Waals surface area contributed by atoms with Gasteiger partial charge in [0.05, 0.1) is 6.61 Å². The Morgan fingerprint density at radius 2 is 2.20 bits per heavy atom. The van der Waals surface area contributed by atoms with Gasteiger partial charge in [-0.1, -0.05) is 17.7 Å². The third-order valence-corrected chi connectivity index (χ3v) is 3.60. The molecule has 0 amide bonds. The van der Waals surface area contributed by atoms with Gasteiger partial charge in [0, 0.05) is 24.3 Å². The number of rotatable bonds is 0. The smallest absolute Gasteiger partial charge is 0.0555 e. The maximum absolute atomic E-state index is 5.58. The van der Waals surface area contributed by atoms with E-state index in [0.717, 1.165) is 19.6 Å². The Labute approximate surface area is 90.6 Å². The monoisotopic (exact) mass is 203 g/mol. The minimum atomic E-state index is 0.576. The molecule has 0 saturated carbocycles. The van der Waals surface area contributed by atoms with E-state index in [1.165, 1.54) is 22.4 Å². The summed E-state index contributed by atoms with van der Waals surface area (Å²) in [6.07, 6.45) is 1.14. The predicted octanol–water partition coefficient (Wildman–Crippen LogP) is 2.60. The average Bonchev–Trinajstić information content (AvgIpc) is 2.57. The van der Waals surface area contributed by atoms with E-state index in [-0.39, 0.29) is 0 Å². The van der Waals surface area contributed by atoms with Gasteiger partial charge in [-0.05, 0) is 31.4 Å². The number of anilines is 1. The van der Waals surface area contributed by atoms with Crippen LogP contribution in [0.3, 0.4) is 0 Å². The van der Waals surface area contributed by atoms with Gasteiger partial charge < -0.3 is 10.1 Å². The molecule has 2 atom stereocenters. The van der Waals surface area contributed by atoms with E-state index in [9.17, 15) is 0 Å². The molecule has 0 aliphatic carbocycles. The van der Waals surface area contributed by atoms with Crippen molar-refractivity contribution in [2.24, 2.45) is 0 Å². The molecule has 2 heteroatoms. The normalized spacial score (nSPS) is 28.1. The second kappa shape index (κ2) is 3.24. The molecule has 0 bridgehead atoms. The van der Waals surface area contributed by atoms with E-state index >= 15 is 0 Å². The first kappa shape index (κ1) is 9.22. The zero-order valence-electron chi connectivity index (χ0n) is 9.34. The zero-order chi connectivity index (χ0) is 10.4. The lowest BCUT2D eigenvalue weighted by atomic mass is 9.91. The van der Waals surface area contributed by atoms with Crippen LogP contribution in [-0.2, 0) is 4.74 Å². The molecule has 15 heavy (non-hydrogen) atoms. The molecule has 3 rings (SSSR count). The van der Waals surface area contributed by atoms with Crippen molar-refractivity contribution in [2.75, 3.05) is 18.5 Å². The molecular formula is C13H17NO. The average molecular weight is 203 g/mol. The summed E-state index contributed by atoms with van der Waals surface area (Å²) in [5.41, 5.74) is 5.57. The lowest BCUT2D eigenvalue weighted by Gasteiger charge is -2.25. The third-order valence-electron chi connectivity index (χ3n) is 3.60. The first-order valence-corrected chi connectivity index (χ1v) is 5.71. The van der Waals surface area contributed by atoms with E-state index in [1.807, 2.05) is 0 Å². The minimum Gasteiger partial charge on any atom is -0.381 e. The molecule has 0 aromatic heterocycles. The lowest BCUT2D eigenvalue weighted by Crippen LogP contribution is -2.30. The Morgan fingerprint density at radius 3 is 3.07 bits per heavy atom. The Hall–Kier alpha value is -1.02. The van der Waals surface area contributed by atoms with Crippen LogP contribution in [0.1, 0.15) is 29.0 Å². The van der Waals surface area contributed by atoms with E-state index in [1.54, 1.807) is 0 Å². The Balaban J connectivity index is 2.08. The van der Waals surface area contributed by atoms with Crippen LogP contribution in [0.25, 0.3) is 0 Å². The molecule has 2 aliphatic heterocycles. The van der Waals surface area contributed by atoms with Crippen molar-refractivity contribution in [3.63, 3.8) is 0 Å². The summed E-state index contributed by atoms with van der Waals surface area (Å²) in [7, 11) is 0. The van der Waals surface area contributed by atoms with Crippen LogP contribution in [0.15, 0.2) is 12.1 Å². The van der Waals surface area contributed by atoms with Gasteiger partial charge >= 0.3 is 0 Å². The van der Waals surface area contributed by atoms with Crippen LogP contribution in [0.5, 0.6) is 0 Å². The van der Waals surface area contributed by atoms with Crippen molar-refractivity contribution < 1.29 is 4.74 Å². The van der Waals surface area contributed by atoms with E-state index in [2.05, 4.69) is 31.3 Å². The van der Waals surface area contributed by atoms with Crippen LogP contribution in [-0.4, -0.2) is 19.3 Å². The van der Waals surface area contributed by atoms with Crippen molar-refractivity contribution in [3.05, 3.63) is 28.8 Å². The quantitative estimate of drug-likeness (QED) is 0.699. The summed E-state index contributed by atoms with van der Waals surface area (Å²) < 4.78 is 5.58. The number of hydrogen-bond acceptors (Lipinski definition) is 2. The third kappa shape index (κ3) is 1.36. The first-order valence-electron chi connectivity index (χ1n) is 5.71. The molecule has 1 aromatic carbocycles. The molecule has 2 aliphatic rings. The highest BCUT2D eigenvalue weighted by atomic mass is 16.5. The number of benzene rings is 1. The molecule has 2 heterocycles. The molecule has 1 N–H and O–H groups in total. The summed E-state index contributed by atoms with van der Waals surface area (Å²) in [5, 5.41) is 3.65. The zero-order valence-corrected chi connectivity index (χ0v) is 9.34. The molecule has 1 aromatic rings. The van der Waals surface area contributed by atoms with Gasteiger partial charge in [-0.3, -0.25) is 0 Å². The number of ether oxygens (including phenoxy) is 1. The van der Waals surface area contributed by atoms with E-state index < -0.39 is 0 Å². The second-order valence-corrected chi connectivity index (χ2v) is 4.77. The fraction of sp³-hybridized carbons (Fsp3) is 0.538. The van der Waals surface area contributed by atoms with Crippen molar-refractivity contribution in [1.29, 1.82) is 0 Å². The SMILES string of the molecule is Cc1cc(C)c2c(c1)C1COCCC1N2. The molecule has 0 radical (unpaired) electrons. The number of hydrogen-bond donors (Lipinski definition) is 1. The summed E-state index contributed by atoms with van der Waals surface area (Å²) >= 11 is 0. The van der Waals surface area contributed by atoms with Crippen molar-refractivity contribution >= 4 is 5.69 Å². The van der Waals surface area contributed by atoms with Gasteiger partial charge in [-0.2, -0.15) is 0 Å². The maximum Gasteiger partial charge on any atom is 0.0555 e. The molecule has 1 saturated heterocycles. The van der Waals surface area contributed by atoms with Gasteiger partial charge in [0.1, 0.15) is 0 Å².